The van der Waals surface area contributed by atoms with Crippen LogP contribution in [-0.2, 0) is 6.54 Å². The molecule has 2 aromatic rings. The van der Waals surface area contributed by atoms with Crippen LogP contribution in [0, 0.1) is 0 Å². The molecule has 0 aliphatic rings. The van der Waals surface area contributed by atoms with E-state index < -0.39 is 0 Å². The lowest BCUT2D eigenvalue weighted by atomic mass is 10.2. The van der Waals surface area contributed by atoms with Crippen LogP contribution in [-0.4, -0.2) is 48.0 Å². The Hall–Kier alpha value is -2.47. The van der Waals surface area contributed by atoms with E-state index in [1.807, 2.05) is 44.4 Å². The van der Waals surface area contributed by atoms with Gasteiger partial charge in [0.1, 0.15) is 17.8 Å². The average molecular weight is 313 g/mol. The molecular formula is C17H23N5O. The monoisotopic (exact) mass is 313 g/mol. The lowest BCUT2D eigenvalue weighted by Gasteiger charge is -2.10. The highest BCUT2D eigenvalue weighted by atomic mass is 16.1. The maximum atomic E-state index is 12.1. The second kappa shape index (κ2) is 8.85. The molecule has 0 radical (unpaired) electrons. The average Bonchev–Trinajstić information content (AvgIpc) is 2.58. The number of nitrogens with one attached hydrogen (secondary N) is 2. The molecule has 0 saturated heterocycles. The summed E-state index contributed by atoms with van der Waals surface area (Å²) in [7, 11) is 4.02. The molecule has 0 aliphatic carbocycles. The summed E-state index contributed by atoms with van der Waals surface area (Å²) < 4.78 is 0. The Morgan fingerprint density at radius 1 is 1.17 bits per heavy atom. The first kappa shape index (κ1) is 16.9. The lowest BCUT2D eigenvalue weighted by molar-refractivity contribution is 0.0947. The molecule has 1 aromatic carbocycles. The third-order valence-corrected chi connectivity index (χ3v) is 3.28. The second-order valence-electron chi connectivity index (χ2n) is 5.54. The molecule has 0 spiro atoms. The molecule has 6 nitrogen and oxygen atoms in total. The fraction of sp³-hybridized carbons (Fsp3) is 0.353. The molecule has 0 atom stereocenters. The molecule has 1 heterocycles. The first-order valence-electron chi connectivity index (χ1n) is 7.68. The van der Waals surface area contributed by atoms with Crippen molar-refractivity contribution in [2.45, 2.75) is 13.0 Å². The van der Waals surface area contributed by atoms with Gasteiger partial charge in [0, 0.05) is 19.2 Å². The Labute approximate surface area is 137 Å². The van der Waals surface area contributed by atoms with Crippen LogP contribution in [0.2, 0.25) is 0 Å². The van der Waals surface area contributed by atoms with Crippen molar-refractivity contribution in [3.8, 4) is 0 Å². The molecule has 2 N–H and O–H groups in total. The minimum absolute atomic E-state index is 0.172. The van der Waals surface area contributed by atoms with Gasteiger partial charge in [-0.2, -0.15) is 0 Å². The van der Waals surface area contributed by atoms with Gasteiger partial charge in [-0.1, -0.05) is 30.3 Å². The number of hydrogen-bond donors (Lipinski definition) is 2. The summed E-state index contributed by atoms with van der Waals surface area (Å²) >= 11 is 0. The lowest BCUT2D eigenvalue weighted by Crippen LogP contribution is -2.27. The highest BCUT2D eigenvalue weighted by molar-refractivity contribution is 5.92. The number of amides is 1. The Kier molecular flexibility index (Phi) is 6.50. The van der Waals surface area contributed by atoms with Gasteiger partial charge in [0.15, 0.2) is 0 Å². The van der Waals surface area contributed by atoms with E-state index in [1.54, 1.807) is 6.07 Å². The number of benzene rings is 1. The van der Waals surface area contributed by atoms with Crippen molar-refractivity contribution in [3.63, 3.8) is 0 Å². The molecule has 0 saturated carbocycles. The van der Waals surface area contributed by atoms with Crippen LogP contribution in [0.5, 0.6) is 0 Å². The highest BCUT2D eigenvalue weighted by Gasteiger charge is 2.08. The van der Waals surface area contributed by atoms with Crippen molar-refractivity contribution in [3.05, 3.63) is 54.0 Å². The van der Waals surface area contributed by atoms with E-state index in [0.717, 1.165) is 18.5 Å². The van der Waals surface area contributed by atoms with E-state index >= 15 is 0 Å². The van der Waals surface area contributed by atoms with Crippen molar-refractivity contribution >= 4 is 11.7 Å². The summed E-state index contributed by atoms with van der Waals surface area (Å²) in [5.41, 5.74) is 1.53. The summed E-state index contributed by atoms with van der Waals surface area (Å²) in [6.45, 7) is 2.23. The number of rotatable bonds is 8. The number of hydrogen-bond acceptors (Lipinski definition) is 5. The number of anilines is 1. The molecule has 6 heteroatoms. The van der Waals surface area contributed by atoms with Gasteiger partial charge >= 0.3 is 0 Å². The Morgan fingerprint density at radius 2 is 1.96 bits per heavy atom. The second-order valence-corrected chi connectivity index (χ2v) is 5.54. The number of nitrogens with zero attached hydrogens (tertiary/aromatic N) is 3. The van der Waals surface area contributed by atoms with Crippen LogP contribution in [0.15, 0.2) is 42.7 Å². The standard InChI is InChI=1S/C17H23N5O/c1-22(2)10-6-9-18-17(23)15-11-16(21-13-20-15)19-12-14-7-4-3-5-8-14/h3-5,7-8,11,13H,6,9-10,12H2,1-2H3,(H,18,23)(H,19,20,21). The summed E-state index contributed by atoms with van der Waals surface area (Å²) in [6, 6.07) is 11.7. The molecule has 122 valence electrons. The Bertz CT molecular complexity index is 615. The van der Waals surface area contributed by atoms with Crippen molar-refractivity contribution < 1.29 is 4.79 Å². The van der Waals surface area contributed by atoms with Crippen LogP contribution in [0.3, 0.4) is 0 Å². The van der Waals surface area contributed by atoms with Gasteiger partial charge in [-0.3, -0.25) is 4.79 Å². The van der Waals surface area contributed by atoms with E-state index in [0.29, 0.717) is 24.6 Å². The van der Waals surface area contributed by atoms with Crippen LogP contribution < -0.4 is 10.6 Å². The van der Waals surface area contributed by atoms with E-state index in [4.69, 9.17) is 0 Å². The molecular weight excluding hydrogens is 290 g/mol. The van der Waals surface area contributed by atoms with Gasteiger partial charge in [-0.15, -0.1) is 0 Å². The number of carbonyl (C=O) groups is 1. The molecule has 1 amide bonds. The fourth-order valence-electron chi connectivity index (χ4n) is 2.05. The number of carbonyl (C=O) groups excluding carboxylic acids is 1. The minimum atomic E-state index is -0.172. The van der Waals surface area contributed by atoms with Crippen molar-refractivity contribution in [1.82, 2.24) is 20.2 Å². The van der Waals surface area contributed by atoms with E-state index in [2.05, 4.69) is 25.5 Å². The predicted octanol–water partition coefficient (Wildman–Crippen LogP) is 1.77. The van der Waals surface area contributed by atoms with Gasteiger partial charge in [0.25, 0.3) is 5.91 Å². The summed E-state index contributed by atoms with van der Waals surface area (Å²) in [5.74, 6) is 0.469. The predicted molar refractivity (Wildman–Crippen MR) is 91.3 cm³/mol. The van der Waals surface area contributed by atoms with Crippen molar-refractivity contribution in [2.24, 2.45) is 0 Å². The first-order valence-corrected chi connectivity index (χ1v) is 7.68. The maximum absolute atomic E-state index is 12.1. The molecule has 23 heavy (non-hydrogen) atoms. The van der Waals surface area contributed by atoms with Crippen molar-refractivity contribution in [1.29, 1.82) is 0 Å². The first-order chi connectivity index (χ1) is 11.1. The largest absolute Gasteiger partial charge is 0.366 e. The molecule has 0 aliphatic heterocycles. The summed E-state index contributed by atoms with van der Waals surface area (Å²) in [4.78, 5) is 22.3. The van der Waals surface area contributed by atoms with Crippen LogP contribution in [0.25, 0.3) is 0 Å². The third-order valence-electron chi connectivity index (χ3n) is 3.28. The summed E-state index contributed by atoms with van der Waals surface area (Å²) in [5, 5.41) is 6.07. The minimum Gasteiger partial charge on any atom is -0.366 e. The zero-order valence-corrected chi connectivity index (χ0v) is 13.6. The highest BCUT2D eigenvalue weighted by Crippen LogP contribution is 2.07. The third kappa shape index (κ3) is 6.04. The molecule has 2 rings (SSSR count). The summed E-state index contributed by atoms with van der Waals surface area (Å²) in [6.07, 6.45) is 2.31. The quantitative estimate of drug-likeness (QED) is 0.727. The van der Waals surface area contributed by atoms with Gasteiger partial charge < -0.3 is 15.5 Å². The van der Waals surface area contributed by atoms with E-state index in [1.165, 1.54) is 6.33 Å². The Morgan fingerprint density at radius 3 is 2.70 bits per heavy atom. The normalized spacial score (nSPS) is 10.6. The van der Waals surface area contributed by atoms with Gasteiger partial charge in [0.05, 0.1) is 0 Å². The molecule has 0 unspecified atom stereocenters. The van der Waals surface area contributed by atoms with Gasteiger partial charge in [-0.05, 0) is 32.6 Å². The van der Waals surface area contributed by atoms with Gasteiger partial charge in [-0.25, -0.2) is 9.97 Å². The van der Waals surface area contributed by atoms with E-state index in [9.17, 15) is 4.79 Å². The van der Waals surface area contributed by atoms with Gasteiger partial charge in [0.2, 0.25) is 0 Å². The zero-order chi connectivity index (χ0) is 16.5. The fourth-order valence-corrected chi connectivity index (χ4v) is 2.05. The molecule has 0 bridgehead atoms. The van der Waals surface area contributed by atoms with Crippen LogP contribution in [0.4, 0.5) is 5.82 Å². The van der Waals surface area contributed by atoms with Crippen LogP contribution in [0.1, 0.15) is 22.5 Å². The SMILES string of the molecule is CN(C)CCCNC(=O)c1cc(NCc2ccccc2)ncn1. The zero-order valence-electron chi connectivity index (χ0n) is 13.6. The Balaban J connectivity index is 1.85. The van der Waals surface area contributed by atoms with Crippen LogP contribution >= 0.6 is 0 Å². The maximum Gasteiger partial charge on any atom is 0.270 e. The smallest absolute Gasteiger partial charge is 0.270 e. The molecule has 0 fully saturated rings. The molecule has 1 aromatic heterocycles. The van der Waals surface area contributed by atoms with Crippen molar-refractivity contribution in [2.75, 3.05) is 32.5 Å². The number of aromatic nitrogens is 2. The topological polar surface area (TPSA) is 70.2 Å². The van der Waals surface area contributed by atoms with E-state index in [-0.39, 0.29) is 5.91 Å².